The van der Waals surface area contributed by atoms with Gasteiger partial charge in [0.1, 0.15) is 6.04 Å². The topological polar surface area (TPSA) is 29.5 Å². The van der Waals surface area contributed by atoms with Crippen molar-refractivity contribution in [2.24, 2.45) is 0 Å². The zero-order chi connectivity index (χ0) is 15.8. The minimum atomic E-state index is -0.224. The van der Waals surface area contributed by atoms with E-state index in [4.69, 9.17) is 4.74 Å². The predicted octanol–water partition coefficient (Wildman–Crippen LogP) is 4.04. The second kappa shape index (κ2) is 5.70. The zero-order valence-electron chi connectivity index (χ0n) is 14.1. The van der Waals surface area contributed by atoms with Crippen molar-refractivity contribution in [1.29, 1.82) is 0 Å². The lowest BCUT2D eigenvalue weighted by Crippen LogP contribution is -2.56. The third-order valence-electron chi connectivity index (χ3n) is 4.61. The Morgan fingerprint density at radius 1 is 1.48 bits per heavy atom. The second-order valence-electron chi connectivity index (χ2n) is 6.80. The number of anilines is 1. The molecule has 0 radical (unpaired) electrons. The van der Waals surface area contributed by atoms with Gasteiger partial charge in [0.2, 0.25) is 0 Å². The van der Waals surface area contributed by atoms with E-state index in [0.29, 0.717) is 5.92 Å². The van der Waals surface area contributed by atoms with E-state index in [1.165, 1.54) is 23.9 Å². The summed E-state index contributed by atoms with van der Waals surface area (Å²) in [5.41, 5.74) is 3.69. The molecule has 0 saturated carbocycles. The van der Waals surface area contributed by atoms with E-state index in [1.54, 1.807) is 0 Å². The van der Waals surface area contributed by atoms with Crippen LogP contribution in [0.2, 0.25) is 0 Å². The number of benzene rings is 1. The van der Waals surface area contributed by atoms with E-state index < -0.39 is 0 Å². The molecule has 3 nitrogen and oxygen atoms in total. The van der Waals surface area contributed by atoms with Crippen LogP contribution in [-0.4, -0.2) is 24.7 Å². The van der Waals surface area contributed by atoms with Gasteiger partial charge in [0, 0.05) is 11.2 Å². The summed E-state index contributed by atoms with van der Waals surface area (Å²) in [6.07, 6.45) is 1.79. The maximum atomic E-state index is 12.2. The molecule has 1 aromatic carbocycles. The van der Waals surface area contributed by atoms with Crippen molar-refractivity contribution in [3.63, 3.8) is 0 Å². The van der Waals surface area contributed by atoms with Crippen molar-refractivity contribution in [3.8, 4) is 0 Å². The van der Waals surface area contributed by atoms with Gasteiger partial charge in [0.15, 0.2) is 0 Å². The summed E-state index contributed by atoms with van der Waals surface area (Å²) in [6.45, 7) is 10.9. The van der Waals surface area contributed by atoms with E-state index in [-0.39, 0.29) is 17.6 Å². The highest BCUT2D eigenvalue weighted by atomic mass is 16.5. The molecule has 1 aromatic rings. The number of rotatable bonds is 3. The van der Waals surface area contributed by atoms with Gasteiger partial charge in [0.25, 0.3) is 0 Å². The number of carbonyl (C=O) groups excluding carboxylic acids is 1. The summed E-state index contributed by atoms with van der Waals surface area (Å²) in [6, 6.07) is 6.35. The Bertz CT molecular complexity index is 536. The van der Waals surface area contributed by atoms with E-state index >= 15 is 0 Å². The highest BCUT2D eigenvalue weighted by Crippen LogP contribution is 2.45. The van der Waals surface area contributed by atoms with Crippen molar-refractivity contribution < 1.29 is 9.53 Å². The minimum Gasteiger partial charge on any atom is -0.467 e. The van der Waals surface area contributed by atoms with Crippen LogP contribution in [-0.2, 0) is 9.53 Å². The number of aryl methyl sites for hydroxylation is 1. The average molecular weight is 289 g/mol. The quantitative estimate of drug-likeness (QED) is 0.787. The zero-order valence-corrected chi connectivity index (χ0v) is 14.1. The van der Waals surface area contributed by atoms with E-state index in [2.05, 4.69) is 50.8 Å². The molecule has 21 heavy (non-hydrogen) atoms. The van der Waals surface area contributed by atoms with Crippen LogP contribution in [0.25, 0.3) is 0 Å². The molecule has 116 valence electrons. The Labute approximate surface area is 128 Å². The fourth-order valence-corrected chi connectivity index (χ4v) is 3.74. The Morgan fingerprint density at radius 3 is 2.71 bits per heavy atom. The number of fused-ring (bicyclic) bond motifs is 1. The molecule has 0 N–H and O–H groups in total. The SMILES string of the molecule is CC[C@H](C(=O)OC)N1c2cc(C)ccc2[C@H](C)CC1(C)C. The van der Waals surface area contributed by atoms with Crippen LogP contribution < -0.4 is 4.90 Å². The first-order valence-electron chi connectivity index (χ1n) is 7.79. The molecule has 0 bridgehead atoms. The Morgan fingerprint density at radius 2 is 2.14 bits per heavy atom. The van der Waals surface area contributed by atoms with Crippen LogP contribution in [0.4, 0.5) is 5.69 Å². The summed E-state index contributed by atoms with van der Waals surface area (Å²) in [5, 5.41) is 0. The molecule has 1 aliphatic rings. The molecule has 2 atom stereocenters. The van der Waals surface area contributed by atoms with Crippen LogP contribution in [0, 0.1) is 6.92 Å². The number of carbonyl (C=O) groups is 1. The number of methoxy groups -OCH3 is 1. The molecule has 0 saturated heterocycles. The van der Waals surface area contributed by atoms with Crippen LogP contribution in [0.5, 0.6) is 0 Å². The normalized spacial score (nSPS) is 21.6. The predicted molar refractivity (Wildman–Crippen MR) is 86.9 cm³/mol. The smallest absolute Gasteiger partial charge is 0.328 e. The van der Waals surface area contributed by atoms with E-state index in [0.717, 1.165) is 12.8 Å². The number of nitrogens with zero attached hydrogens (tertiary/aromatic N) is 1. The van der Waals surface area contributed by atoms with Gasteiger partial charge in [0.05, 0.1) is 7.11 Å². The van der Waals surface area contributed by atoms with Gasteiger partial charge in [-0.2, -0.15) is 0 Å². The monoisotopic (exact) mass is 289 g/mol. The molecular formula is C18H27NO2. The summed E-state index contributed by atoms with van der Waals surface area (Å²) in [4.78, 5) is 14.5. The molecule has 0 aromatic heterocycles. The lowest BCUT2D eigenvalue weighted by atomic mass is 9.78. The molecule has 0 unspecified atom stereocenters. The highest BCUT2D eigenvalue weighted by Gasteiger charge is 2.42. The van der Waals surface area contributed by atoms with Gasteiger partial charge in [-0.3, -0.25) is 0 Å². The second-order valence-corrected chi connectivity index (χ2v) is 6.80. The number of esters is 1. The third kappa shape index (κ3) is 2.78. The summed E-state index contributed by atoms with van der Waals surface area (Å²) < 4.78 is 5.04. The molecule has 0 spiro atoms. The maximum absolute atomic E-state index is 12.2. The Balaban J connectivity index is 2.59. The fourth-order valence-electron chi connectivity index (χ4n) is 3.74. The first-order valence-corrected chi connectivity index (χ1v) is 7.79. The van der Waals surface area contributed by atoms with Crippen molar-refractivity contribution >= 4 is 11.7 Å². The number of ether oxygens (including phenoxy) is 1. The third-order valence-corrected chi connectivity index (χ3v) is 4.61. The fraction of sp³-hybridized carbons (Fsp3) is 0.611. The van der Waals surface area contributed by atoms with Crippen LogP contribution >= 0.6 is 0 Å². The largest absolute Gasteiger partial charge is 0.467 e. The first-order chi connectivity index (χ1) is 9.81. The van der Waals surface area contributed by atoms with Gasteiger partial charge in [-0.1, -0.05) is 26.0 Å². The molecule has 3 heteroatoms. The van der Waals surface area contributed by atoms with Crippen LogP contribution in [0.1, 0.15) is 57.6 Å². The first kappa shape index (κ1) is 15.9. The van der Waals surface area contributed by atoms with Gasteiger partial charge < -0.3 is 9.64 Å². The van der Waals surface area contributed by atoms with Gasteiger partial charge >= 0.3 is 5.97 Å². The average Bonchev–Trinajstić information content (AvgIpc) is 2.41. The highest BCUT2D eigenvalue weighted by molar-refractivity contribution is 5.81. The van der Waals surface area contributed by atoms with Crippen molar-refractivity contribution in [3.05, 3.63) is 29.3 Å². The summed E-state index contributed by atoms with van der Waals surface area (Å²) >= 11 is 0. The minimum absolute atomic E-state index is 0.0604. The molecule has 1 heterocycles. The maximum Gasteiger partial charge on any atom is 0.328 e. The van der Waals surface area contributed by atoms with Crippen molar-refractivity contribution in [2.75, 3.05) is 12.0 Å². The standard InChI is InChI=1S/C18H27NO2/c1-7-15(17(20)21-6)19-16-10-12(2)8-9-14(16)13(3)11-18(19,4)5/h8-10,13,15H,7,11H2,1-6H3/t13-,15-/m1/s1. The van der Waals surface area contributed by atoms with Gasteiger partial charge in [-0.05, 0) is 56.7 Å². The van der Waals surface area contributed by atoms with Crippen molar-refractivity contribution in [1.82, 2.24) is 0 Å². The van der Waals surface area contributed by atoms with Crippen LogP contribution in [0.3, 0.4) is 0 Å². The number of hydrogen-bond acceptors (Lipinski definition) is 3. The van der Waals surface area contributed by atoms with Gasteiger partial charge in [-0.25, -0.2) is 4.79 Å². The summed E-state index contributed by atoms with van der Waals surface area (Å²) in [5.74, 6) is 0.356. The molecule has 0 amide bonds. The summed E-state index contributed by atoms with van der Waals surface area (Å²) in [7, 11) is 1.47. The Hall–Kier alpha value is -1.51. The molecule has 2 rings (SSSR count). The van der Waals surface area contributed by atoms with Crippen LogP contribution in [0.15, 0.2) is 18.2 Å². The lowest BCUT2D eigenvalue weighted by Gasteiger charge is -2.50. The van der Waals surface area contributed by atoms with Gasteiger partial charge in [-0.15, -0.1) is 0 Å². The molecule has 0 fully saturated rings. The van der Waals surface area contributed by atoms with E-state index in [1.807, 2.05) is 6.92 Å². The molecule has 1 aliphatic heterocycles. The molecular weight excluding hydrogens is 262 g/mol. The lowest BCUT2D eigenvalue weighted by molar-refractivity contribution is -0.142. The Kier molecular flexibility index (Phi) is 4.31. The number of hydrogen-bond donors (Lipinski definition) is 0. The van der Waals surface area contributed by atoms with E-state index in [9.17, 15) is 4.79 Å². The molecule has 0 aliphatic carbocycles. The van der Waals surface area contributed by atoms with Crippen molar-refractivity contribution in [2.45, 2.75) is 65.0 Å².